The molecule has 0 saturated carbocycles. The quantitative estimate of drug-likeness (QED) is 0.0586. The minimum atomic E-state index is -0.317. The van der Waals surface area contributed by atoms with Crippen molar-refractivity contribution in [2.24, 2.45) is 17.3 Å². The Hall–Kier alpha value is -0.530. The van der Waals surface area contributed by atoms with Gasteiger partial charge in [-0.15, -0.1) is 0 Å². The fourth-order valence-corrected chi connectivity index (χ4v) is 6.65. The Morgan fingerprint density at radius 3 is 1.41 bits per heavy atom. The minimum absolute atomic E-state index is 0.104. The fourth-order valence-electron chi connectivity index (χ4n) is 6.65. The summed E-state index contributed by atoms with van der Waals surface area (Å²) in [7, 11) is 0. The van der Waals surface area contributed by atoms with Gasteiger partial charge in [-0.1, -0.05) is 195 Å². The van der Waals surface area contributed by atoms with E-state index in [1.165, 1.54) is 167 Å². The van der Waals surface area contributed by atoms with Gasteiger partial charge in [-0.05, 0) is 38.0 Å². The zero-order chi connectivity index (χ0) is 30.4. The Bertz CT molecular complexity index is 544. The highest BCUT2D eigenvalue weighted by Crippen LogP contribution is 2.37. The van der Waals surface area contributed by atoms with Crippen LogP contribution in [0.4, 0.5) is 0 Å². The molecule has 0 spiro atoms. The Labute approximate surface area is 260 Å². The van der Waals surface area contributed by atoms with Crippen LogP contribution in [0.3, 0.4) is 0 Å². The molecule has 2 heteroatoms. The van der Waals surface area contributed by atoms with Gasteiger partial charge in [-0.3, -0.25) is 4.79 Å². The maximum atomic E-state index is 13.7. The number of carbonyl (C=O) groups excluding carboxylic acids is 1. The van der Waals surface area contributed by atoms with Crippen molar-refractivity contribution >= 4 is 5.97 Å². The summed E-state index contributed by atoms with van der Waals surface area (Å²) in [6.45, 7) is 14.3. The highest BCUT2D eigenvalue weighted by molar-refractivity contribution is 5.76. The van der Waals surface area contributed by atoms with Gasteiger partial charge >= 0.3 is 5.97 Å². The van der Waals surface area contributed by atoms with Crippen LogP contribution in [-0.2, 0) is 9.53 Å². The molecule has 0 rings (SSSR count). The SMILES string of the molecule is CCCCCCCCCCC(CCC)CC(C)(CCCCCCCCC)C(=O)OCC(C)CCCCCCCCC. The van der Waals surface area contributed by atoms with Crippen molar-refractivity contribution in [3.63, 3.8) is 0 Å². The van der Waals surface area contributed by atoms with Crippen molar-refractivity contribution in [3.8, 4) is 0 Å². The number of carbonyl (C=O) groups is 1. The van der Waals surface area contributed by atoms with Gasteiger partial charge in [-0.25, -0.2) is 0 Å². The Balaban J connectivity index is 4.79. The van der Waals surface area contributed by atoms with Crippen molar-refractivity contribution < 1.29 is 9.53 Å². The van der Waals surface area contributed by atoms with E-state index in [0.29, 0.717) is 18.4 Å². The van der Waals surface area contributed by atoms with Crippen LogP contribution in [0.2, 0.25) is 0 Å². The molecule has 0 saturated heterocycles. The highest BCUT2D eigenvalue weighted by atomic mass is 16.5. The van der Waals surface area contributed by atoms with Gasteiger partial charge < -0.3 is 4.74 Å². The standard InChI is InChI=1S/C39H78O2/c1-7-11-14-17-20-22-25-28-32-37(30-10-4)34-39(6,33-29-26-23-19-16-13-9-3)38(40)41-35-36(5)31-27-24-21-18-15-12-8-2/h36-37H,7-35H2,1-6H3. The molecule has 0 fully saturated rings. The number of esters is 1. The first-order chi connectivity index (χ1) is 19.9. The van der Waals surface area contributed by atoms with Gasteiger partial charge in [0.15, 0.2) is 0 Å². The average Bonchev–Trinajstić information content (AvgIpc) is 2.96. The molecule has 0 aromatic rings. The van der Waals surface area contributed by atoms with E-state index in [1.807, 2.05) is 0 Å². The van der Waals surface area contributed by atoms with Crippen LogP contribution >= 0.6 is 0 Å². The third kappa shape index (κ3) is 24.6. The topological polar surface area (TPSA) is 26.3 Å². The molecule has 0 amide bonds. The summed E-state index contributed by atoms with van der Waals surface area (Å²) in [5, 5.41) is 0. The average molecular weight is 579 g/mol. The van der Waals surface area contributed by atoms with E-state index >= 15 is 0 Å². The molecule has 41 heavy (non-hydrogen) atoms. The summed E-state index contributed by atoms with van der Waals surface area (Å²) in [5.41, 5.74) is -0.317. The Morgan fingerprint density at radius 2 is 0.951 bits per heavy atom. The number of ether oxygens (including phenoxy) is 1. The summed E-state index contributed by atoms with van der Waals surface area (Å²) in [6, 6.07) is 0. The molecule has 0 aromatic heterocycles. The van der Waals surface area contributed by atoms with E-state index in [9.17, 15) is 4.79 Å². The van der Waals surface area contributed by atoms with Crippen LogP contribution in [-0.4, -0.2) is 12.6 Å². The molecule has 0 aliphatic carbocycles. The molecule has 246 valence electrons. The molecule has 3 atom stereocenters. The number of hydrogen-bond acceptors (Lipinski definition) is 2. The second kappa shape index (κ2) is 29.5. The van der Waals surface area contributed by atoms with E-state index in [4.69, 9.17) is 4.74 Å². The van der Waals surface area contributed by atoms with Gasteiger partial charge in [0.2, 0.25) is 0 Å². The fraction of sp³-hybridized carbons (Fsp3) is 0.974. The van der Waals surface area contributed by atoms with E-state index in [-0.39, 0.29) is 11.4 Å². The van der Waals surface area contributed by atoms with Crippen LogP contribution in [0.15, 0.2) is 0 Å². The van der Waals surface area contributed by atoms with Crippen LogP contribution < -0.4 is 0 Å². The van der Waals surface area contributed by atoms with Gasteiger partial charge in [0.05, 0.1) is 12.0 Å². The predicted molar refractivity (Wildman–Crippen MR) is 184 cm³/mol. The van der Waals surface area contributed by atoms with Crippen LogP contribution in [0, 0.1) is 17.3 Å². The zero-order valence-corrected chi connectivity index (χ0v) is 29.5. The maximum absolute atomic E-state index is 13.7. The lowest BCUT2D eigenvalue weighted by atomic mass is 9.74. The molecule has 0 N–H and O–H groups in total. The van der Waals surface area contributed by atoms with Gasteiger partial charge in [0.1, 0.15) is 0 Å². The van der Waals surface area contributed by atoms with Crippen LogP contribution in [0.5, 0.6) is 0 Å². The molecule has 0 radical (unpaired) electrons. The van der Waals surface area contributed by atoms with Crippen molar-refractivity contribution in [2.75, 3.05) is 6.61 Å². The third-order valence-electron chi connectivity index (χ3n) is 9.53. The molecular formula is C39H78O2. The van der Waals surface area contributed by atoms with Crippen LogP contribution in [0.1, 0.15) is 221 Å². The first-order valence-corrected chi connectivity index (χ1v) is 19.1. The van der Waals surface area contributed by atoms with Crippen molar-refractivity contribution in [2.45, 2.75) is 221 Å². The first-order valence-electron chi connectivity index (χ1n) is 19.1. The minimum Gasteiger partial charge on any atom is -0.465 e. The second-order valence-electron chi connectivity index (χ2n) is 14.2. The van der Waals surface area contributed by atoms with Gasteiger partial charge in [0.25, 0.3) is 0 Å². The largest absolute Gasteiger partial charge is 0.465 e. The zero-order valence-electron chi connectivity index (χ0n) is 29.5. The van der Waals surface area contributed by atoms with Crippen molar-refractivity contribution in [1.82, 2.24) is 0 Å². The van der Waals surface area contributed by atoms with E-state index < -0.39 is 0 Å². The first kappa shape index (κ1) is 40.5. The summed E-state index contributed by atoms with van der Waals surface area (Å²) < 4.78 is 6.12. The van der Waals surface area contributed by atoms with Gasteiger partial charge in [0, 0.05) is 0 Å². The molecular weight excluding hydrogens is 500 g/mol. The molecule has 0 bridgehead atoms. The molecule has 0 aliphatic rings. The summed E-state index contributed by atoms with van der Waals surface area (Å²) in [6.07, 6.45) is 36.6. The number of hydrogen-bond donors (Lipinski definition) is 0. The van der Waals surface area contributed by atoms with Crippen molar-refractivity contribution in [1.29, 1.82) is 0 Å². The normalized spacial score (nSPS) is 14.6. The number of rotatable bonds is 32. The van der Waals surface area contributed by atoms with Crippen molar-refractivity contribution in [3.05, 3.63) is 0 Å². The molecule has 0 heterocycles. The second-order valence-corrected chi connectivity index (χ2v) is 14.2. The lowest BCUT2D eigenvalue weighted by molar-refractivity contribution is -0.158. The highest BCUT2D eigenvalue weighted by Gasteiger charge is 2.36. The Morgan fingerprint density at radius 1 is 0.537 bits per heavy atom. The molecule has 3 unspecified atom stereocenters. The molecule has 0 aliphatic heterocycles. The lowest BCUT2D eigenvalue weighted by Crippen LogP contribution is -2.33. The smallest absolute Gasteiger partial charge is 0.311 e. The lowest BCUT2D eigenvalue weighted by Gasteiger charge is -2.32. The summed E-state index contributed by atoms with van der Waals surface area (Å²) in [5.74, 6) is 1.24. The predicted octanol–water partition coefficient (Wildman–Crippen LogP) is 13.8. The van der Waals surface area contributed by atoms with E-state index in [1.54, 1.807) is 0 Å². The number of unbranched alkanes of at least 4 members (excludes halogenated alkanes) is 19. The molecule has 2 nitrogen and oxygen atoms in total. The Kier molecular flexibility index (Phi) is 29.2. The molecule has 0 aromatic carbocycles. The summed E-state index contributed by atoms with van der Waals surface area (Å²) in [4.78, 5) is 13.7. The van der Waals surface area contributed by atoms with E-state index in [2.05, 4.69) is 41.5 Å². The van der Waals surface area contributed by atoms with Gasteiger partial charge in [-0.2, -0.15) is 0 Å². The van der Waals surface area contributed by atoms with Crippen LogP contribution in [0.25, 0.3) is 0 Å². The maximum Gasteiger partial charge on any atom is 0.311 e. The monoisotopic (exact) mass is 579 g/mol. The third-order valence-corrected chi connectivity index (χ3v) is 9.53. The summed E-state index contributed by atoms with van der Waals surface area (Å²) >= 11 is 0. The van der Waals surface area contributed by atoms with E-state index in [0.717, 1.165) is 12.8 Å².